The predicted octanol–water partition coefficient (Wildman–Crippen LogP) is 2.89. The summed E-state index contributed by atoms with van der Waals surface area (Å²) in [6.07, 6.45) is 3.91. The van der Waals surface area contributed by atoms with Gasteiger partial charge < -0.3 is 24.9 Å². The van der Waals surface area contributed by atoms with Crippen LogP contribution in [-0.2, 0) is 0 Å². The van der Waals surface area contributed by atoms with Gasteiger partial charge in [0.2, 0.25) is 0 Å². The fraction of sp³-hybridized carbons (Fsp3) is 0.278. The molecule has 1 aromatic carbocycles. The molecule has 0 fully saturated rings. The number of nitrogens with zero attached hydrogens (tertiary/aromatic N) is 2. The Morgan fingerprint density at radius 3 is 2.64 bits per heavy atom. The number of nitrogens with one attached hydrogen (secondary N) is 1. The molecule has 0 spiro atoms. The van der Waals surface area contributed by atoms with Crippen molar-refractivity contribution in [3.05, 3.63) is 47.2 Å². The number of nitrogens with two attached hydrogens (primary N) is 1. The van der Waals surface area contributed by atoms with Crippen molar-refractivity contribution < 1.29 is 9.47 Å². The van der Waals surface area contributed by atoms with Gasteiger partial charge in [0.05, 0.1) is 24.9 Å². The summed E-state index contributed by atoms with van der Waals surface area (Å²) in [7, 11) is 5.07. The van der Waals surface area contributed by atoms with Gasteiger partial charge >= 0.3 is 0 Å². The molecule has 0 bridgehead atoms. The van der Waals surface area contributed by atoms with Gasteiger partial charge in [0.15, 0.2) is 0 Å². The molecule has 0 saturated carbocycles. The van der Waals surface area contributed by atoms with Crippen LogP contribution in [0.2, 0.25) is 5.02 Å². The second-order valence-electron chi connectivity index (χ2n) is 5.62. The Bertz CT molecular complexity index is 890. The summed E-state index contributed by atoms with van der Waals surface area (Å²) in [5, 5.41) is 3.70. The fourth-order valence-corrected chi connectivity index (χ4v) is 3.07. The number of fused-ring (bicyclic) bond motifs is 1. The number of pyridine rings is 1. The van der Waals surface area contributed by atoms with E-state index >= 15 is 0 Å². The quantitative estimate of drug-likeness (QED) is 0.707. The molecule has 132 valence electrons. The van der Waals surface area contributed by atoms with E-state index in [0.717, 1.165) is 22.5 Å². The number of likely N-dealkylation sites (N-methyl/N-ethyl adjacent to an activating group) is 1. The van der Waals surface area contributed by atoms with Crippen LogP contribution in [0.1, 0.15) is 11.6 Å². The number of imidazole rings is 1. The third kappa shape index (κ3) is 3.28. The Morgan fingerprint density at radius 2 is 2.00 bits per heavy atom. The van der Waals surface area contributed by atoms with Crippen LogP contribution >= 0.6 is 11.6 Å². The SMILES string of the molecule is CNC(CN)c1ccn2cc(-c3cc(Cl)c(OC)cc3OC)nc2c1. The molecule has 0 aliphatic heterocycles. The average molecular weight is 361 g/mol. The highest BCUT2D eigenvalue weighted by atomic mass is 35.5. The van der Waals surface area contributed by atoms with Crippen molar-refractivity contribution in [3.63, 3.8) is 0 Å². The summed E-state index contributed by atoms with van der Waals surface area (Å²) < 4.78 is 12.7. The lowest BCUT2D eigenvalue weighted by molar-refractivity contribution is 0.395. The maximum Gasteiger partial charge on any atom is 0.141 e. The summed E-state index contributed by atoms with van der Waals surface area (Å²) in [4.78, 5) is 4.71. The van der Waals surface area contributed by atoms with Gasteiger partial charge in [-0.3, -0.25) is 0 Å². The molecule has 0 aliphatic rings. The van der Waals surface area contributed by atoms with Crippen molar-refractivity contribution in [2.45, 2.75) is 6.04 Å². The predicted molar refractivity (Wildman–Crippen MR) is 99.6 cm³/mol. The van der Waals surface area contributed by atoms with Crippen LogP contribution in [0, 0.1) is 0 Å². The largest absolute Gasteiger partial charge is 0.496 e. The zero-order valence-corrected chi connectivity index (χ0v) is 15.2. The number of hydrogen-bond donors (Lipinski definition) is 2. The normalized spacial score (nSPS) is 12.4. The molecule has 2 heterocycles. The van der Waals surface area contributed by atoms with Crippen LogP contribution in [0.15, 0.2) is 36.7 Å². The minimum Gasteiger partial charge on any atom is -0.496 e. The highest BCUT2D eigenvalue weighted by Crippen LogP contribution is 2.38. The molecule has 0 aliphatic carbocycles. The lowest BCUT2D eigenvalue weighted by Gasteiger charge is -2.13. The summed E-state index contributed by atoms with van der Waals surface area (Å²) in [6.45, 7) is 0.516. The third-order valence-corrected chi connectivity index (χ3v) is 4.52. The molecule has 6 nitrogen and oxygen atoms in total. The molecule has 7 heteroatoms. The maximum atomic E-state index is 6.27. The van der Waals surface area contributed by atoms with Crippen molar-refractivity contribution >= 4 is 17.2 Å². The van der Waals surface area contributed by atoms with Crippen molar-refractivity contribution in [2.24, 2.45) is 5.73 Å². The summed E-state index contributed by atoms with van der Waals surface area (Å²) in [5.41, 5.74) is 9.30. The van der Waals surface area contributed by atoms with Gasteiger partial charge in [-0.1, -0.05) is 11.6 Å². The molecule has 3 rings (SSSR count). The van der Waals surface area contributed by atoms with Crippen LogP contribution < -0.4 is 20.5 Å². The number of rotatable bonds is 6. The number of methoxy groups -OCH3 is 2. The van der Waals surface area contributed by atoms with E-state index in [1.54, 1.807) is 26.4 Å². The number of hydrogen-bond acceptors (Lipinski definition) is 5. The minimum absolute atomic E-state index is 0.0927. The lowest BCUT2D eigenvalue weighted by atomic mass is 10.1. The van der Waals surface area contributed by atoms with Gasteiger partial charge in [0.1, 0.15) is 17.1 Å². The van der Waals surface area contributed by atoms with E-state index < -0.39 is 0 Å². The van der Waals surface area contributed by atoms with E-state index in [9.17, 15) is 0 Å². The maximum absolute atomic E-state index is 6.27. The van der Waals surface area contributed by atoms with Crippen LogP contribution in [0.3, 0.4) is 0 Å². The van der Waals surface area contributed by atoms with Gasteiger partial charge in [-0.05, 0) is 30.8 Å². The molecule has 1 unspecified atom stereocenters. The topological polar surface area (TPSA) is 73.8 Å². The standard InChI is InChI=1S/C18H21ClN4O2/c1-21-14(9-20)11-4-5-23-10-15(22-18(23)6-11)12-7-13(19)17(25-3)8-16(12)24-2/h4-8,10,14,21H,9,20H2,1-3H3. The Hall–Kier alpha value is -2.28. The monoisotopic (exact) mass is 360 g/mol. The average Bonchev–Trinajstić information content (AvgIpc) is 3.05. The van der Waals surface area contributed by atoms with E-state index in [1.165, 1.54) is 0 Å². The third-order valence-electron chi connectivity index (χ3n) is 4.22. The van der Waals surface area contributed by atoms with E-state index in [1.807, 2.05) is 36.0 Å². The molecule has 1 atom stereocenters. The highest BCUT2D eigenvalue weighted by molar-refractivity contribution is 6.32. The molecule has 3 N–H and O–H groups in total. The second kappa shape index (κ2) is 7.31. The molecule has 25 heavy (non-hydrogen) atoms. The molecule has 3 aromatic rings. The Kier molecular flexibility index (Phi) is 5.13. The first-order valence-corrected chi connectivity index (χ1v) is 8.27. The Morgan fingerprint density at radius 1 is 1.24 bits per heavy atom. The highest BCUT2D eigenvalue weighted by Gasteiger charge is 2.15. The van der Waals surface area contributed by atoms with Gasteiger partial charge in [-0.25, -0.2) is 4.98 Å². The molecule has 0 radical (unpaired) electrons. The summed E-state index contributed by atoms with van der Waals surface area (Å²) in [6, 6.07) is 7.71. The molecular weight excluding hydrogens is 340 g/mol. The number of halogens is 1. The molecular formula is C18H21ClN4O2. The van der Waals surface area contributed by atoms with E-state index in [0.29, 0.717) is 23.1 Å². The van der Waals surface area contributed by atoms with Crippen molar-refractivity contribution in [1.29, 1.82) is 0 Å². The Balaban J connectivity index is 2.09. The van der Waals surface area contributed by atoms with E-state index in [4.69, 9.17) is 31.8 Å². The summed E-state index contributed by atoms with van der Waals surface area (Å²) in [5.74, 6) is 1.22. The van der Waals surface area contributed by atoms with Gasteiger partial charge in [0, 0.05) is 36.6 Å². The van der Waals surface area contributed by atoms with Gasteiger partial charge in [-0.2, -0.15) is 0 Å². The van der Waals surface area contributed by atoms with Gasteiger partial charge in [0.25, 0.3) is 0 Å². The number of aromatic nitrogens is 2. The summed E-state index contributed by atoms with van der Waals surface area (Å²) >= 11 is 6.27. The lowest BCUT2D eigenvalue weighted by Crippen LogP contribution is -2.24. The fourth-order valence-electron chi connectivity index (χ4n) is 2.82. The smallest absolute Gasteiger partial charge is 0.141 e. The van der Waals surface area contributed by atoms with Crippen LogP contribution in [-0.4, -0.2) is 37.2 Å². The van der Waals surface area contributed by atoms with Gasteiger partial charge in [-0.15, -0.1) is 0 Å². The van der Waals surface area contributed by atoms with Crippen molar-refractivity contribution in [3.8, 4) is 22.8 Å². The number of ether oxygens (including phenoxy) is 2. The number of benzene rings is 1. The van der Waals surface area contributed by atoms with Crippen LogP contribution in [0.25, 0.3) is 16.9 Å². The van der Waals surface area contributed by atoms with Crippen LogP contribution in [0.4, 0.5) is 0 Å². The van der Waals surface area contributed by atoms with E-state index in [-0.39, 0.29) is 6.04 Å². The first kappa shape index (κ1) is 17.5. The Labute approximate surface area is 151 Å². The molecule has 2 aromatic heterocycles. The minimum atomic E-state index is 0.0927. The first-order valence-electron chi connectivity index (χ1n) is 7.89. The first-order chi connectivity index (χ1) is 12.1. The zero-order valence-electron chi connectivity index (χ0n) is 14.4. The zero-order chi connectivity index (χ0) is 18.0. The van der Waals surface area contributed by atoms with E-state index in [2.05, 4.69) is 5.32 Å². The van der Waals surface area contributed by atoms with Crippen LogP contribution in [0.5, 0.6) is 11.5 Å². The molecule has 0 saturated heterocycles. The second-order valence-corrected chi connectivity index (χ2v) is 6.02. The van der Waals surface area contributed by atoms with Crippen molar-refractivity contribution in [1.82, 2.24) is 14.7 Å². The molecule has 0 amide bonds. The van der Waals surface area contributed by atoms with Crippen molar-refractivity contribution in [2.75, 3.05) is 27.8 Å².